The summed E-state index contributed by atoms with van der Waals surface area (Å²) in [5, 5.41) is 2.74. The van der Waals surface area contributed by atoms with Crippen LogP contribution in [0.2, 0.25) is 0 Å². The molecule has 0 aromatic heterocycles. The van der Waals surface area contributed by atoms with Crippen molar-refractivity contribution in [3.63, 3.8) is 0 Å². The van der Waals surface area contributed by atoms with Gasteiger partial charge in [0.05, 0.1) is 5.57 Å². The average Bonchev–Trinajstić information content (AvgIpc) is 3.03. The highest BCUT2D eigenvalue weighted by Crippen LogP contribution is 2.33. The molecule has 0 bridgehead atoms. The molecule has 3 amide bonds. The summed E-state index contributed by atoms with van der Waals surface area (Å²) in [6, 6.07) is 17.0. The third kappa shape index (κ3) is 4.53. The van der Waals surface area contributed by atoms with Crippen LogP contribution in [0.25, 0.3) is 5.57 Å². The molecule has 160 valence electrons. The number of benzene rings is 2. The van der Waals surface area contributed by atoms with E-state index >= 15 is 0 Å². The summed E-state index contributed by atoms with van der Waals surface area (Å²) in [7, 11) is 0. The Bertz CT molecular complexity index is 1010. The Kier molecular flexibility index (Phi) is 6.16. The van der Waals surface area contributed by atoms with Crippen LogP contribution < -0.4 is 5.32 Å². The first-order chi connectivity index (χ1) is 15.0. The lowest BCUT2D eigenvalue weighted by Crippen LogP contribution is -2.38. The Hall–Kier alpha value is -3.41. The van der Waals surface area contributed by atoms with Crippen LogP contribution in [0, 0.1) is 0 Å². The van der Waals surface area contributed by atoms with Gasteiger partial charge in [-0.15, -0.1) is 0 Å². The third-order valence-corrected chi connectivity index (χ3v) is 5.78. The summed E-state index contributed by atoms with van der Waals surface area (Å²) >= 11 is 0. The summed E-state index contributed by atoms with van der Waals surface area (Å²) in [6.07, 6.45) is 3.80. The van der Waals surface area contributed by atoms with Crippen LogP contribution in [0.15, 0.2) is 60.3 Å². The predicted molar refractivity (Wildman–Crippen MR) is 120 cm³/mol. The molecular formula is C25H27N3O3. The maximum absolute atomic E-state index is 13.4. The van der Waals surface area contributed by atoms with Crippen molar-refractivity contribution in [2.45, 2.75) is 32.6 Å². The molecule has 2 heterocycles. The van der Waals surface area contributed by atoms with Crippen molar-refractivity contribution in [2.24, 2.45) is 0 Å². The first kappa shape index (κ1) is 20.8. The van der Waals surface area contributed by atoms with Crippen molar-refractivity contribution in [1.82, 2.24) is 9.80 Å². The van der Waals surface area contributed by atoms with Crippen LogP contribution in [0.3, 0.4) is 0 Å². The van der Waals surface area contributed by atoms with Gasteiger partial charge in [-0.2, -0.15) is 0 Å². The van der Waals surface area contributed by atoms with Gasteiger partial charge in [-0.3, -0.25) is 19.3 Å². The van der Waals surface area contributed by atoms with Crippen molar-refractivity contribution in [3.05, 3.63) is 71.4 Å². The first-order valence-electron chi connectivity index (χ1n) is 10.8. The Balaban J connectivity index is 1.64. The number of anilines is 1. The van der Waals surface area contributed by atoms with Gasteiger partial charge in [0.2, 0.25) is 5.91 Å². The lowest BCUT2D eigenvalue weighted by atomic mass is 10.0. The van der Waals surface area contributed by atoms with E-state index in [0.717, 1.165) is 37.9 Å². The fourth-order valence-corrected chi connectivity index (χ4v) is 4.25. The number of hydrogen-bond acceptors (Lipinski definition) is 4. The molecule has 0 saturated carbocycles. The number of amides is 3. The second kappa shape index (κ2) is 9.16. The number of nitrogens with one attached hydrogen (secondary N) is 1. The molecule has 4 rings (SSSR count). The van der Waals surface area contributed by atoms with Crippen LogP contribution in [-0.4, -0.2) is 47.2 Å². The third-order valence-electron chi connectivity index (χ3n) is 5.78. The minimum Gasteiger partial charge on any atom is -0.366 e. The lowest BCUT2D eigenvalue weighted by molar-refractivity contribution is -0.137. The zero-order valence-corrected chi connectivity index (χ0v) is 17.8. The molecule has 0 unspecified atom stereocenters. The number of piperidine rings is 1. The summed E-state index contributed by atoms with van der Waals surface area (Å²) < 4.78 is 0. The van der Waals surface area contributed by atoms with Crippen molar-refractivity contribution < 1.29 is 14.4 Å². The minimum absolute atomic E-state index is 0.153. The number of likely N-dealkylation sites (tertiary alicyclic amines) is 1. The molecule has 31 heavy (non-hydrogen) atoms. The van der Waals surface area contributed by atoms with Gasteiger partial charge in [-0.1, -0.05) is 42.5 Å². The highest BCUT2D eigenvalue weighted by Gasteiger charge is 2.41. The van der Waals surface area contributed by atoms with Gasteiger partial charge in [-0.05, 0) is 48.9 Å². The maximum atomic E-state index is 13.4. The van der Waals surface area contributed by atoms with Crippen LogP contribution in [-0.2, 0) is 20.8 Å². The molecule has 0 aliphatic carbocycles. The molecule has 0 spiro atoms. The second-order valence-electron chi connectivity index (χ2n) is 8.03. The molecule has 1 fully saturated rings. The van der Waals surface area contributed by atoms with Crippen LogP contribution in [0.1, 0.15) is 37.3 Å². The molecule has 2 aliphatic rings. The number of nitrogens with zero attached hydrogens (tertiary/aromatic N) is 2. The predicted octanol–water partition coefficient (Wildman–Crippen LogP) is 3.45. The largest absolute Gasteiger partial charge is 0.366 e. The minimum atomic E-state index is -0.242. The van der Waals surface area contributed by atoms with Gasteiger partial charge in [0.1, 0.15) is 5.70 Å². The van der Waals surface area contributed by atoms with E-state index in [9.17, 15) is 14.4 Å². The summed E-state index contributed by atoms with van der Waals surface area (Å²) in [6.45, 7) is 3.38. The molecule has 2 aliphatic heterocycles. The lowest BCUT2D eigenvalue weighted by Gasteiger charge is -2.29. The van der Waals surface area contributed by atoms with E-state index in [1.165, 1.54) is 11.8 Å². The molecule has 1 N–H and O–H groups in total. The van der Waals surface area contributed by atoms with E-state index in [4.69, 9.17) is 0 Å². The van der Waals surface area contributed by atoms with E-state index < -0.39 is 0 Å². The average molecular weight is 418 g/mol. The topological polar surface area (TPSA) is 69.7 Å². The summed E-state index contributed by atoms with van der Waals surface area (Å²) in [5.74, 6) is -0.599. The highest BCUT2D eigenvalue weighted by molar-refractivity contribution is 6.35. The Labute approximate surface area is 182 Å². The van der Waals surface area contributed by atoms with Gasteiger partial charge in [-0.25, -0.2) is 0 Å². The zero-order valence-electron chi connectivity index (χ0n) is 17.8. The van der Waals surface area contributed by atoms with Crippen LogP contribution in [0.5, 0.6) is 0 Å². The van der Waals surface area contributed by atoms with Crippen molar-refractivity contribution in [1.29, 1.82) is 0 Å². The summed E-state index contributed by atoms with van der Waals surface area (Å²) in [4.78, 5) is 41.5. The van der Waals surface area contributed by atoms with E-state index in [1.807, 2.05) is 30.3 Å². The Morgan fingerprint density at radius 2 is 1.58 bits per heavy atom. The molecule has 1 saturated heterocycles. The standard InChI is InChI=1S/C25H27N3O3/c1-18(29)26-21-12-10-20(11-13-21)22-23(27-15-6-3-7-16-27)25(31)28(24(22)30)17-14-19-8-4-2-5-9-19/h2,4-5,8-13H,3,6-7,14-17H2,1H3,(H,26,29). The maximum Gasteiger partial charge on any atom is 0.277 e. The Morgan fingerprint density at radius 1 is 0.903 bits per heavy atom. The fraction of sp³-hybridized carbons (Fsp3) is 0.320. The smallest absolute Gasteiger partial charge is 0.277 e. The van der Waals surface area contributed by atoms with E-state index in [1.54, 1.807) is 24.3 Å². The van der Waals surface area contributed by atoms with Crippen LogP contribution in [0.4, 0.5) is 5.69 Å². The number of rotatable bonds is 6. The quantitative estimate of drug-likeness (QED) is 0.731. The van der Waals surface area contributed by atoms with Gasteiger partial charge in [0, 0.05) is 32.2 Å². The van der Waals surface area contributed by atoms with E-state index in [-0.39, 0.29) is 17.7 Å². The van der Waals surface area contributed by atoms with Crippen molar-refractivity contribution in [3.8, 4) is 0 Å². The molecule has 6 heteroatoms. The van der Waals surface area contributed by atoms with Crippen molar-refractivity contribution in [2.75, 3.05) is 25.0 Å². The van der Waals surface area contributed by atoms with E-state index in [0.29, 0.717) is 35.5 Å². The van der Waals surface area contributed by atoms with Crippen molar-refractivity contribution >= 4 is 29.0 Å². The molecular weight excluding hydrogens is 390 g/mol. The number of carbonyl (C=O) groups excluding carboxylic acids is 3. The second-order valence-corrected chi connectivity index (χ2v) is 8.03. The Morgan fingerprint density at radius 3 is 2.23 bits per heavy atom. The summed E-state index contributed by atoms with van der Waals surface area (Å²) in [5.41, 5.74) is 3.44. The molecule has 2 aromatic carbocycles. The zero-order chi connectivity index (χ0) is 21.8. The molecule has 2 aromatic rings. The van der Waals surface area contributed by atoms with Gasteiger partial charge in [0.25, 0.3) is 11.8 Å². The van der Waals surface area contributed by atoms with Gasteiger partial charge >= 0.3 is 0 Å². The van der Waals surface area contributed by atoms with Crippen LogP contribution >= 0.6 is 0 Å². The van der Waals surface area contributed by atoms with Gasteiger partial charge in [0.15, 0.2) is 0 Å². The highest BCUT2D eigenvalue weighted by atomic mass is 16.2. The molecule has 6 nitrogen and oxygen atoms in total. The van der Waals surface area contributed by atoms with Gasteiger partial charge < -0.3 is 10.2 Å². The SMILES string of the molecule is CC(=O)Nc1ccc(C2=C(N3CCCCC3)C(=O)N(CCc3ccccc3)C2=O)cc1. The normalized spacial score (nSPS) is 16.8. The monoisotopic (exact) mass is 417 g/mol. The van der Waals surface area contributed by atoms with E-state index in [2.05, 4.69) is 10.2 Å². The fourth-order valence-electron chi connectivity index (χ4n) is 4.25. The number of carbonyl (C=O) groups is 3. The number of hydrogen-bond donors (Lipinski definition) is 1. The molecule has 0 radical (unpaired) electrons. The number of imide groups is 1. The first-order valence-corrected chi connectivity index (χ1v) is 10.8. The molecule has 0 atom stereocenters.